The first-order valence-electron chi connectivity index (χ1n) is 7.88. The second kappa shape index (κ2) is 10.9. The van der Waals surface area contributed by atoms with Gasteiger partial charge in [0.2, 0.25) is 5.91 Å². The van der Waals surface area contributed by atoms with Crippen LogP contribution < -0.4 is 10.6 Å². The van der Waals surface area contributed by atoms with E-state index >= 15 is 0 Å². The molecule has 23 heavy (non-hydrogen) atoms. The number of hydrogen-bond donors (Lipinski definition) is 4. The molecule has 0 rings (SSSR count). The van der Waals surface area contributed by atoms with Gasteiger partial charge < -0.3 is 15.3 Å². The molecule has 5 nitrogen and oxygen atoms in total. The summed E-state index contributed by atoms with van der Waals surface area (Å²) in [4.78, 5) is 14.4. The SMILES string of the molecule is C=C(O)C(CC(C)C)NC(=O)CN(C)C(=S)[C@H](S)NCC(C)C. The average Bonchev–Trinajstić information content (AvgIpc) is 2.42. The number of carbonyl (C=O) groups excluding carboxylic acids is 1. The molecule has 0 aliphatic heterocycles. The smallest absolute Gasteiger partial charge is 0.240 e. The van der Waals surface area contributed by atoms with Gasteiger partial charge in [-0.15, -0.1) is 0 Å². The van der Waals surface area contributed by atoms with Gasteiger partial charge in [-0.25, -0.2) is 0 Å². The molecule has 0 saturated heterocycles. The Morgan fingerprint density at radius 2 is 1.87 bits per heavy atom. The number of aliphatic hydroxyl groups excluding tert-OH is 1. The van der Waals surface area contributed by atoms with Gasteiger partial charge >= 0.3 is 0 Å². The summed E-state index contributed by atoms with van der Waals surface area (Å²) in [5.41, 5.74) is 0. The lowest BCUT2D eigenvalue weighted by Crippen LogP contribution is -2.47. The zero-order valence-corrected chi connectivity index (χ0v) is 16.5. The zero-order valence-electron chi connectivity index (χ0n) is 14.8. The Hall–Kier alpha value is -0.790. The number of carbonyl (C=O) groups is 1. The van der Waals surface area contributed by atoms with Crippen molar-refractivity contribution in [1.82, 2.24) is 15.5 Å². The third kappa shape index (κ3) is 9.84. The molecule has 134 valence electrons. The molecular formula is C16H31N3O2S2. The second-order valence-electron chi connectivity index (χ2n) is 6.64. The van der Waals surface area contributed by atoms with Crippen LogP contribution in [0.4, 0.5) is 0 Å². The fourth-order valence-corrected chi connectivity index (χ4v) is 2.38. The summed E-state index contributed by atoms with van der Waals surface area (Å²) in [6, 6.07) is -0.435. The lowest BCUT2D eigenvalue weighted by molar-refractivity contribution is -0.122. The molecule has 0 aromatic carbocycles. The summed E-state index contributed by atoms with van der Waals surface area (Å²) in [5.74, 6) is 0.599. The van der Waals surface area contributed by atoms with Crippen LogP contribution in [0.5, 0.6) is 0 Å². The van der Waals surface area contributed by atoms with Gasteiger partial charge in [0.05, 0.1) is 12.6 Å². The summed E-state index contributed by atoms with van der Waals surface area (Å²) in [6.45, 7) is 12.7. The maximum absolute atomic E-state index is 12.1. The number of hydrogen-bond acceptors (Lipinski definition) is 5. The van der Waals surface area contributed by atoms with Gasteiger partial charge in [0.15, 0.2) is 0 Å². The first-order chi connectivity index (χ1) is 10.5. The number of amides is 1. The Labute approximate surface area is 151 Å². The maximum atomic E-state index is 12.1. The van der Waals surface area contributed by atoms with Crippen molar-refractivity contribution in [3.63, 3.8) is 0 Å². The number of thiol groups is 1. The Kier molecular flexibility index (Phi) is 10.5. The van der Waals surface area contributed by atoms with Gasteiger partial charge in [-0.1, -0.05) is 46.5 Å². The fourth-order valence-electron chi connectivity index (χ4n) is 1.93. The van der Waals surface area contributed by atoms with Crippen molar-refractivity contribution in [2.75, 3.05) is 20.1 Å². The summed E-state index contributed by atoms with van der Waals surface area (Å²) in [5, 5.41) is 15.3. The lowest BCUT2D eigenvalue weighted by atomic mass is 10.0. The van der Waals surface area contributed by atoms with Gasteiger partial charge in [-0.3, -0.25) is 10.1 Å². The van der Waals surface area contributed by atoms with Crippen LogP contribution in [-0.2, 0) is 4.79 Å². The molecule has 7 heteroatoms. The van der Waals surface area contributed by atoms with Crippen LogP contribution >= 0.6 is 24.8 Å². The lowest BCUT2D eigenvalue weighted by Gasteiger charge is -2.26. The van der Waals surface area contributed by atoms with E-state index in [1.54, 1.807) is 11.9 Å². The van der Waals surface area contributed by atoms with E-state index in [2.05, 4.69) is 43.7 Å². The minimum Gasteiger partial charge on any atom is -0.511 e. The molecule has 0 radical (unpaired) electrons. The second-order valence-corrected chi connectivity index (χ2v) is 7.57. The van der Waals surface area contributed by atoms with Gasteiger partial charge in [-0.05, 0) is 24.8 Å². The standard InChI is InChI=1S/C16H31N3O2S2/c1-10(2)7-13(12(5)20)18-14(21)9-19(6)16(23)15(22)17-8-11(3)4/h10-11,13,15,17,20,22H,5,7-9H2,1-4,6H3,(H,18,21)/t13?,15-/m0/s1. The van der Waals surface area contributed by atoms with Gasteiger partial charge in [0.1, 0.15) is 16.1 Å². The van der Waals surface area contributed by atoms with E-state index < -0.39 is 6.04 Å². The zero-order chi connectivity index (χ0) is 18.2. The van der Waals surface area contributed by atoms with Crippen LogP contribution in [0.2, 0.25) is 0 Å². The number of rotatable bonds is 10. The molecular weight excluding hydrogens is 330 g/mol. The van der Waals surface area contributed by atoms with E-state index in [4.69, 9.17) is 12.2 Å². The van der Waals surface area contributed by atoms with Crippen molar-refractivity contribution in [1.29, 1.82) is 0 Å². The molecule has 0 aliphatic rings. The maximum Gasteiger partial charge on any atom is 0.240 e. The van der Waals surface area contributed by atoms with E-state index in [0.29, 0.717) is 23.2 Å². The quantitative estimate of drug-likeness (QED) is 0.208. The van der Waals surface area contributed by atoms with Crippen molar-refractivity contribution in [3.8, 4) is 0 Å². The minimum absolute atomic E-state index is 0.0250. The third-order valence-electron chi connectivity index (χ3n) is 3.15. The van der Waals surface area contributed by atoms with E-state index in [1.165, 1.54) is 0 Å². The van der Waals surface area contributed by atoms with Crippen LogP contribution in [0.3, 0.4) is 0 Å². The number of aliphatic hydroxyl groups is 1. The number of likely N-dealkylation sites (N-methyl/N-ethyl adjacent to an activating group) is 1. The Morgan fingerprint density at radius 1 is 1.30 bits per heavy atom. The van der Waals surface area contributed by atoms with Crippen LogP contribution in [0.25, 0.3) is 0 Å². The molecule has 0 saturated carbocycles. The van der Waals surface area contributed by atoms with Gasteiger partial charge in [0, 0.05) is 7.05 Å². The molecule has 0 bridgehead atoms. The van der Waals surface area contributed by atoms with Crippen LogP contribution in [0.15, 0.2) is 12.3 Å². The van der Waals surface area contributed by atoms with E-state index in [0.717, 1.165) is 6.54 Å². The van der Waals surface area contributed by atoms with Crippen molar-refractivity contribution < 1.29 is 9.90 Å². The van der Waals surface area contributed by atoms with Crippen molar-refractivity contribution in [2.24, 2.45) is 11.8 Å². The van der Waals surface area contributed by atoms with Gasteiger partial charge in [-0.2, -0.15) is 12.6 Å². The highest BCUT2D eigenvalue weighted by Gasteiger charge is 2.20. The molecule has 0 fully saturated rings. The molecule has 1 unspecified atom stereocenters. The number of nitrogens with zero attached hydrogens (tertiary/aromatic N) is 1. The van der Waals surface area contributed by atoms with E-state index in [1.807, 2.05) is 13.8 Å². The highest BCUT2D eigenvalue weighted by Crippen LogP contribution is 2.10. The highest BCUT2D eigenvalue weighted by atomic mass is 32.1. The fraction of sp³-hybridized carbons (Fsp3) is 0.750. The molecule has 0 aliphatic carbocycles. The largest absolute Gasteiger partial charge is 0.511 e. The monoisotopic (exact) mass is 361 g/mol. The predicted molar refractivity (Wildman–Crippen MR) is 104 cm³/mol. The first-order valence-corrected chi connectivity index (χ1v) is 8.80. The summed E-state index contributed by atoms with van der Waals surface area (Å²) in [6.07, 6.45) is 0.639. The number of thiocarbonyl (C=S) groups is 1. The first kappa shape index (κ1) is 22.2. The third-order valence-corrected chi connectivity index (χ3v) is 4.30. The normalized spacial score (nSPS) is 13.7. The van der Waals surface area contributed by atoms with Crippen molar-refractivity contribution >= 4 is 35.7 Å². The van der Waals surface area contributed by atoms with Crippen LogP contribution in [0, 0.1) is 11.8 Å². The average molecular weight is 362 g/mol. The molecule has 1 amide bonds. The Morgan fingerprint density at radius 3 is 2.30 bits per heavy atom. The van der Waals surface area contributed by atoms with Crippen molar-refractivity contribution in [2.45, 2.75) is 45.5 Å². The minimum atomic E-state index is -0.435. The summed E-state index contributed by atoms with van der Waals surface area (Å²) >= 11 is 9.77. The Balaban J connectivity index is 4.46. The molecule has 0 spiro atoms. The van der Waals surface area contributed by atoms with Gasteiger partial charge in [0.25, 0.3) is 0 Å². The molecule has 0 aromatic heterocycles. The highest BCUT2D eigenvalue weighted by molar-refractivity contribution is 7.86. The van der Waals surface area contributed by atoms with Crippen LogP contribution in [-0.4, -0.2) is 52.5 Å². The van der Waals surface area contributed by atoms with Crippen molar-refractivity contribution in [3.05, 3.63) is 12.3 Å². The number of nitrogens with one attached hydrogen (secondary N) is 2. The summed E-state index contributed by atoms with van der Waals surface area (Å²) < 4.78 is 0. The molecule has 3 N–H and O–H groups in total. The topological polar surface area (TPSA) is 64.6 Å². The van der Waals surface area contributed by atoms with Crippen LogP contribution in [0.1, 0.15) is 34.1 Å². The predicted octanol–water partition coefficient (Wildman–Crippen LogP) is 2.35. The molecule has 2 atom stereocenters. The molecule has 0 heterocycles. The van der Waals surface area contributed by atoms with E-state index in [9.17, 15) is 9.90 Å². The summed E-state index contributed by atoms with van der Waals surface area (Å²) in [7, 11) is 1.76. The van der Waals surface area contributed by atoms with E-state index in [-0.39, 0.29) is 23.6 Å². The molecule has 0 aromatic rings. The Bertz CT molecular complexity index is 414.